The van der Waals surface area contributed by atoms with Crippen molar-refractivity contribution in [2.75, 3.05) is 44.2 Å². The van der Waals surface area contributed by atoms with Crippen molar-refractivity contribution < 1.29 is 87.8 Å². The number of rotatable bonds is 13. The van der Waals surface area contributed by atoms with Crippen LogP contribution in [0, 0.1) is 11.6 Å². The first-order chi connectivity index (χ1) is 36.5. The number of carbonyl (C=O) groups is 4. The molecule has 1 N–H and O–H groups in total. The topological polar surface area (TPSA) is 150 Å². The molecule has 0 spiro atoms. The first kappa shape index (κ1) is 57.1. The lowest BCUT2D eigenvalue weighted by Gasteiger charge is -2.41. The maximum absolute atomic E-state index is 16.5. The van der Waals surface area contributed by atoms with Crippen molar-refractivity contribution in [3.63, 3.8) is 0 Å². The summed E-state index contributed by atoms with van der Waals surface area (Å²) in [4.78, 5) is 53.1. The standard InChI is InChI=1S/C53H38Cl4F8N2O11/c1-24(50(72,52(60,61)62)34-18-42-44(20-40(34)58)74-22-46(68)66(42)3)30-10-6-26(14-36(30)54)76-29-9-13-33(39(57)17-29)49(71)78-51(53(63,64)65,35-19-43-45(21-41(35)59)75-23-47(69)67(43)4)25(2)31-11-7-27(15-37(31)55)77-28-8-12-32(38(56)16-28)48(70)73-5/h6-21,24-25,72H,22-23H2,1-5H3. The van der Waals surface area contributed by atoms with E-state index in [4.69, 9.17) is 70.1 Å². The van der Waals surface area contributed by atoms with Crippen molar-refractivity contribution in [1.82, 2.24) is 0 Å². The smallest absolute Gasteiger partial charge is 0.433 e. The number of carbonyl (C=O) groups excluding carboxylic acids is 4. The molecule has 0 aromatic heterocycles. The Kier molecular flexibility index (Phi) is 15.6. The van der Waals surface area contributed by atoms with Gasteiger partial charge < -0.3 is 43.3 Å². The normalized spacial score (nSPS) is 15.9. The highest BCUT2D eigenvalue weighted by Gasteiger charge is 2.65. The van der Waals surface area contributed by atoms with Crippen LogP contribution in [0.1, 0.15) is 68.7 Å². The molecule has 0 radical (unpaired) electrons. The second-order valence-corrected chi connectivity index (χ2v) is 19.4. The van der Waals surface area contributed by atoms with E-state index in [1.165, 1.54) is 38.4 Å². The number of ether oxygens (including phenoxy) is 6. The van der Waals surface area contributed by atoms with Crippen LogP contribution in [0.15, 0.2) is 97.1 Å². The molecular formula is C53H38Cl4F8N2O11. The fourth-order valence-electron chi connectivity index (χ4n) is 8.95. The second-order valence-electron chi connectivity index (χ2n) is 17.8. The summed E-state index contributed by atoms with van der Waals surface area (Å²) < 4.78 is 158. The molecule has 13 nitrogen and oxygen atoms in total. The SMILES string of the molecule is COC(=O)c1ccc(Oc2ccc(C(C)C(OC(=O)c3ccc(Oc4ccc(C(C)C(O)(c5cc6c(cc5F)OCC(=O)N6C)C(F)(F)F)c(Cl)c4)cc3Cl)(c3cc4c(cc3F)OCC(=O)N4C)C(F)(F)F)c(Cl)c2)cc1Cl. The summed E-state index contributed by atoms with van der Waals surface area (Å²) in [7, 11) is 3.59. The average Bonchev–Trinajstić information content (AvgIpc) is 3.39. The summed E-state index contributed by atoms with van der Waals surface area (Å²) in [6.45, 7) is 0.832. The number of hydrogen-bond acceptors (Lipinski definition) is 11. The molecule has 410 valence electrons. The average molecular weight is 1170 g/mol. The summed E-state index contributed by atoms with van der Waals surface area (Å²) in [5.41, 5.74) is -12.4. The van der Waals surface area contributed by atoms with E-state index in [2.05, 4.69) is 4.74 Å². The quantitative estimate of drug-likeness (QED) is 0.0869. The lowest BCUT2D eigenvalue weighted by molar-refractivity contribution is -0.275. The Morgan fingerprint density at radius 1 is 0.577 bits per heavy atom. The van der Waals surface area contributed by atoms with Gasteiger partial charge in [0.05, 0.1) is 39.7 Å². The van der Waals surface area contributed by atoms with E-state index >= 15 is 22.0 Å². The van der Waals surface area contributed by atoms with Crippen LogP contribution >= 0.6 is 46.4 Å². The van der Waals surface area contributed by atoms with Crippen molar-refractivity contribution in [2.24, 2.45) is 0 Å². The molecule has 4 unspecified atom stereocenters. The Hall–Kier alpha value is -7.04. The van der Waals surface area contributed by atoms with Crippen molar-refractivity contribution >= 4 is 81.5 Å². The van der Waals surface area contributed by atoms with E-state index in [-0.39, 0.29) is 72.6 Å². The monoisotopic (exact) mass is 1170 g/mol. The first-order valence-electron chi connectivity index (χ1n) is 22.7. The fraction of sp³-hybridized carbons (Fsp3) is 0.245. The van der Waals surface area contributed by atoms with Crippen LogP contribution in [0.3, 0.4) is 0 Å². The Bertz CT molecular complexity index is 3440. The van der Waals surface area contributed by atoms with Crippen molar-refractivity contribution in [3.8, 4) is 34.5 Å². The zero-order valence-electron chi connectivity index (χ0n) is 40.8. The summed E-state index contributed by atoms with van der Waals surface area (Å²) in [6.07, 6.45) is -11.2. The summed E-state index contributed by atoms with van der Waals surface area (Å²) in [6, 6.07) is 16.1. The Balaban J connectivity index is 1.11. The molecule has 78 heavy (non-hydrogen) atoms. The number of aliphatic hydroxyl groups is 1. The minimum absolute atomic E-state index is 0.0102. The molecule has 2 aliphatic rings. The highest BCUT2D eigenvalue weighted by atomic mass is 35.5. The molecule has 2 heterocycles. The first-order valence-corrected chi connectivity index (χ1v) is 24.2. The van der Waals surface area contributed by atoms with Crippen LogP contribution in [0.2, 0.25) is 20.1 Å². The van der Waals surface area contributed by atoms with E-state index < -0.39 is 111 Å². The number of likely N-dealkylation sites (N-methyl/N-ethyl adjacent to an activating group) is 2. The van der Waals surface area contributed by atoms with Gasteiger partial charge in [-0.25, -0.2) is 18.4 Å². The van der Waals surface area contributed by atoms with Gasteiger partial charge in [-0.2, -0.15) is 26.3 Å². The molecule has 6 aromatic rings. The Morgan fingerprint density at radius 3 is 1.38 bits per heavy atom. The lowest BCUT2D eigenvalue weighted by Crippen LogP contribution is -2.51. The van der Waals surface area contributed by atoms with Gasteiger partial charge in [0.25, 0.3) is 11.8 Å². The van der Waals surface area contributed by atoms with Crippen molar-refractivity contribution in [1.29, 1.82) is 0 Å². The van der Waals surface area contributed by atoms with Gasteiger partial charge in [-0.05, 0) is 71.8 Å². The number of hydrogen-bond donors (Lipinski definition) is 1. The number of alkyl halides is 6. The third-order valence-electron chi connectivity index (χ3n) is 13.3. The molecule has 2 aliphatic heterocycles. The highest BCUT2D eigenvalue weighted by molar-refractivity contribution is 6.34. The third-order valence-corrected chi connectivity index (χ3v) is 14.6. The lowest BCUT2D eigenvalue weighted by atomic mass is 9.76. The molecular weight excluding hydrogens is 1130 g/mol. The number of methoxy groups -OCH3 is 1. The van der Waals surface area contributed by atoms with E-state index in [9.17, 15) is 37.5 Å². The molecule has 0 aliphatic carbocycles. The predicted octanol–water partition coefficient (Wildman–Crippen LogP) is 13.6. The minimum atomic E-state index is -5.71. The number of amides is 2. The molecule has 0 fully saturated rings. The molecule has 2 amide bonds. The number of nitrogens with zero attached hydrogens (tertiary/aromatic N) is 2. The summed E-state index contributed by atoms with van der Waals surface area (Å²) in [5.74, 6) is -12.0. The van der Waals surface area contributed by atoms with Gasteiger partial charge in [-0.3, -0.25) is 9.59 Å². The maximum atomic E-state index is 16.5. The highest BCUT2D eigenvalue weighted by Crippen LogP contribution is 2.56. The van der Waals surface area contributed by atoms with Crippen LogP contribution in [-0.2, 0) is 30.3 Å². The molecule has 0 saturated heterocycles. The maximum Gasteiger partial charge on any atom is 0.433 e. The number of halogens is 12. The van der Waals surface area contributed by atoms with Gasteiger partial charge >= 0.3 is 24.3 Å². The molecule has 0 saturated carbocycles. The van der Waals surface area contributed by atoms with Gasteiger partial charge in [0.2, 0.25) is 5.60 Å². The third kappa shape index (κ3) is 10.3. The molecule has 4 atom stereocenters. The number of esters is 2. The zero-order valence-corrected chi connectivity index (χ0v) is 43.8. The minimum Gasteiger partial charge on any atom is -0.481 e. The Morgan fingerprint density at radius 2 is 0.974 bits per heavy atom. The van der Waals surface area contributed by atoms with Crippen molar-refractivity contribution in [3.05, 3.63) is 162 Å². The van der Waals surface area contributed by atoms with Crippen LogP contribution in [0.25, 0.3) is 0 Å². The summed E-state index contributed by atoms with van der Waals surface area (Å²) in [5, 5.41) is 10.0. The van der Waals surface area contributed by atoms with Gasteiger partial charge in [0.15, 0.2) is 18.8 Å². The van der Waals surface area contributed by atoms with E-state index in [0.29, 0.717) is 24.3 Å². The second kappa shape index (κ2) is 21.3. The number of fused-ring (bicyclic) bond motifs is 2. The fourth-order valence-corrected chi connectivity index (χ4v) is 10.1. The van der Waals surface area contributed by atoms with E-state index in [1.54, 1.807) is 0 Å². The Labute approximate surface area is 457 Å². The van der Waals surface area contributed by atoms with E-state index in [0.717, 1.165) is 79.3 Å². The van der Waals surface area contributed by atoms with Crippen LogP contribution in [-0.4, -0.2) is 75.6 Å². The van der Waals surface area contributed by atoms with Crippen LogP contribution in [0.4, 0.5) is 46.5 Å². The van der Waals surface area contributed by atoms with Gasteiger partial charge in [0, 0.05) is 71.4 Å². The predicted molar refractivity (Wildman–Crippen MR) is 268 cm³/mol. The van der Waals surface area contributed by atoms with Gasteiger partial charge in [0.1, 0.15) is 46.1 Å². The van der Waals surface area contributed by atoms with Gasteiger partial charge in [-0.15, -0.1) is 0 Å². The van der Waals surface area contributed by atoms with Crippen LogP contribution < -0.4 is 28.7 Å². The van der Waals surface area contributed by atoms with Crippen LogP contribution in [0.5, 0.6) is 34.5 Å². The van der Waals surface area contributed by atoms with Gasteiger partial charge in [-0.1, -0.05) is 72.4 Å². The molecule has 0 bridgehead atoms. The molecule has 8 rings (SSSR count). The number of anilines is 2. The molecule has 25 heteroatoms. The van der Waals surface area contributed by atoms with E-state index in [1.807, 2.05) is 0 Å². The number of benzene rings is 6. The van der Waals surface area contributed by atoms with Crippen molar-refractivity contribution in [2.45, 2.75) is 49.2 Å². The summed E-state index contributed by atoms with van der Waals surface area (Å²) >= 11 is 25.9. The zero-order chi connectivity index (χ0) is 57.1. The largest absolute Gasteiger partial charge is 0.481 e. The molecule has 6 aromatic carbocycles.